The molecule has 2 bridgehead atoms. The lowest BCUT2D eigenvalue weighted by Crippen LogP contribution is -2.44. The molecule has 0 spiro atoms. The molecule has 2 aliphatic rings. The van der Waals surface area contributed by atoms with Gasteiger partial charge in [0.25, 0.3) is 0 Å². The fourth-order valence-electron chi connectivity index (χ4n) is 4.49. The zero-order valence-electron chi connectivity index (χ0n) is 13.8. The fraction of sp³-hybridized carbons (Fsp3) is 0.556. The zero-order valence-corrected chi connectivity index (χ0v) is 14.5. The first-order valence-corrected chi connectivity index (χ1v) is 8.70. The Morgan fingerprint density at radius 1 is 1.26 bits per heavy atom. The van der Waals surface area contributed by atoms with Crippen LogP contribution in [-0.4, -0.2) is 34.2 Å². The van der Waals surface area contributed by atoms with E-state index in [0.29, 0.717) is 23.8 Å². The first-order valence-electron chi connectivity index (χ1n) is 8.33. The lowest BCUT2D eigenvalue weighted by molar-refractivity contribution is 0.120. The van der Waals surface area contributed by atoms with Gasteiger partial charge in [-0.25, -0.2) is 0 Å². The van der Waals surface area contributed by atoms with Crippen molar-refractivity contribution < 1.29 is 4.52 Å². The molecule has 0 unspecified atom stereocenters. The molecule has 1 aromatic carbocycles. The van der Waals surface area contributed by atoms with Crippen LogP contribution in [0.2, 0.25) is 5.02 Å². The number of halogens is 1. The Balaban J connectivity index is 1.77. The summed E-state index contributed by atoms with van der Waals surface area (Å²) in [5.41, 5.74) is 2.48. The van der Waals surface area contributed by atoms with Gasteiger partial charge in [-0.3, -0.25) is 4.90 Å². The third-order valence-electron chi connectivity index (χ3n) is 5.71. The minimum atomic E-state index is 0.264. The maximum atomic E-state index is 6.22. The smallest absolute Gasteiger partial charge is 0.231 e. The molecule has 5 heteroatoms. The van der Waals surface area contributed by atoms with Gasteiger partial charge in [0, 0.05) is 17.1 Å². The van der Waals surface area contributed by atoms with Crippen LogP contribution >= 0.6 is 11.6 Å². The van der Waals surface area contributed by atoms with E-state index in [4.69, 9.17) is 16.1 Å². The van der Waals surface area contributed by atoms with Crippen molar-refractivity contribution in [2.24, 2.45) is 0 Å². The van der Waals surface area contributed by atoms with E-state index in [-0.39, 0.29) is 5.92 Å². The van der Waals surface area contributed by atoms with Crippen molar-refractivity contribution >= 4 is 11.6 Å². The number of rotatable bonds is 2. The molecule has 0 amide bonds. The van der Waals surface area contributed by atoms with Gasteiger partial charge in [-0.15, -0.1) is 0 Å². The molecule has 2 aliphatic heterocycles. The van der Waals surface area contributed by atoms with E-state index in [1.54, 1.807) is 0 Å². The minimum absolute atomic E-state index is 0.264. The van der Waals surface area contributed by atoms with Crippen LogP contribution in [0.5, 0.6) is 0 Å². The summed E-state index contributed by atoms with van der Waals surface area (Å²) < 4.78 is 5.59. The van der Waals surface area contributed by atoms with Gasteiger partial charge in [0.1, 0.15) is 0 Å². The maximum Gasteiger partial charge on any atom is 0.231 e. The summed E-state index contributed by atoms with van der Waals surface area (Å²) in [5, 5.41) is 4.86. The molecule has 4 rings (SSSR count). The molecule has 3 heterocycles. The molecule has 2 saturated heterocycles. The van der Waals surface area contributed by atoms with Gasteiger partial charge in [0.2, 0.25) is 5.89 Å². The van der Waals surface area contributed by atoms with Crippen molar-refractivity contribution in [3.8, 4) is 0 Å². The van der Waals surface area contributed by atoms with Crippen molar-refractivity contribution in [1.82, 2.24) is 15.0 Å². The summed E-state index contributed by atoms with van der Waals surface area (Å²) in [6, 6.07) is 7.55. The topological polar surface area (TPSA) is 42.2 Å². The molecule has 0 aliphatic carbocycles. The molecule has 1 aromatic heterocycles. The summed E-state index contributed by atoms with van der Waals surface area (Å²) in [6.45, 7) is 3.96. The van der Waals surface area contributed by atoms with Gasteiger partial charge >= 0.3 is 0 Å². The summed E-state index contributed by atoms with van der Waals surface area (Å²) in [4.78, 5) is 7.09. The Labute approximate surface area is 141 Å². The molecule has 122 valence electrons. The predicted molar refractivity (Wildman–Crippen MR) is 89.9 cm³/mol. The highest BCUT2D eigenvalue weighted by Crippen LogP contribution is 2.50. The fourth-order valence-corrected chi connectivity index (χ4v) is 4.61. The van der Waals surface area contributed by atoms with Crippen LogP contribution in [0.15, 0.2) is 22.7 Å². The summed E-state index contributed by atoms with van der Waals surface area (Å²) in [5.74, 6) is 2.19. The van der Waals surface area contributed by atoms with Gasteiger partial charge in [-0.2, -0.15) is 4.98 Å². The highest BCUT2D eigenvalue weighted by atomic mass is 35.5. The Kier molecular flexibility index (Phi) is 3.69. The molecular weight excluding hydrogens is 310 g/mol. The average Bonchev–Trinajstić information content (AvgIpc) is 3.03. The van der Waals surface area contributed by atoms with Crippen molar-refractivity contribution in [2.45, 2.75) is 57.0 Å². The van der Waals surface area contributed by atoms with Crippen molar-refractivity contribution in [2.75, 3.05) is 7.05 Å². The monoisotopic (exact) mass is 331 g/mol. The SMILES string of the molecule is Cc1noc([C@@H]2[C@H]3CC[C@@H](C[C@H]2c2ccc(Cl)c(C)c2)N3C)n1. The number of hydrogen-bond acceptors (Lipinski definition) is 4. The molecule has 0 radical (unpaired) electrons. The first kappa shape index (κ1) is 15.2. The van der Waals surface area contributed by atoms with E-state index in [2.05, 4.69) is 41.1 Å². The molecule has 4 nitrogen and oxygen atoms in total. The van der Waals surface area contributed by atoms with Crippen molar-refractivity contribution in [1.29, 1.82) is 0 Å². The summed E-state index contributed by atoms with van der Waals surface area (Å²) in [7, 11) is 2.24. The number of aryl methyl sites for hydroxylation is 2. The predicted octanol–water partition coefficient (Wildman–Crippen LogP) is 4.07. The van der Waals surface area contributed by atoms with Crippen LogP contribution in [0, 0.1) is 13.8 Å². The molecular formula is C18H22ClN3O. The van der Waals surface area contributed by atoms with Crippen LogP contribution in [-0.2, 0) is 0 Å². The highest BCUT2D eigenvalue weighted by Gasteiger charge is 2.48. The van der Waals surface area contributed by atoms with Crippen LogP contribution in [0.4, 0.5) is 0 Å². The first-order chi connectivity index (χ1) is 11.0. The van der Waals surface area contributed by atoms with E-state index in [1.807, 2.05) is 13.0 Å². The van der Waals surface area contributed by atoms with Gasteiger partial charge in [0.15, 0.2) is 5.82 Å². The lowest BCUT2D eigenvalue weighted by atomic mass is 9.76. The number of benzene rings is 1. The third-order valence-corrected chi connectivity index (χ3v) is 6.13. The third kappa shape index (κ3) is 2.48. The number of aromatic nitrogens is 2. The number of piperidine rings is 1. The number of hydrogen-bond donors (Lipinski definition) is 0. The van der Waals surface area contributed by atoms with E-state index >= 15 is 0 Å². The van der Waals surface area contributed by atoms with Crippen LogP contribution in [0.25, 0.3) is 0 Å². The number of likely N-dealkylation sites (N-methyl/N-ethyl adjacent to an activating group) is 1. The second-order valence-electron chi connectivity index (χ2n) is 7.02. The lowest BCUT2D eigenvalue weighted by Gasteiger charge is -2.41. The van der Waals surface area contributed by atoms with E-state index in [0.717, 1.165) is 22.9 Å². The zero-order chi connectivity index (χ0) is 16.1. The van der Waals surface area contributed by atoms with Gasteiger partial charge < -0.3 is 4.52 Å². The van der Waals surface area contributed by atoms with Crippen molar-refractivity contribution in [3.05, 3.63) is 46.1 Å². The quantitative estimate of drug-likeness (QED) is 0.831. The van der Waals surface area contributed by atoms with E-state index in [9.17, 15) is 0 Å². The Morgan fingerprint density at radius 2 is 2.09 bits per heavy atom. The standard InChI is InChI=1S/C18H22ClN3O/c1-10-8-12(4-6-15(10)19)14-9-13-5-7-16(22(13)3)17(14)18-20-11(2)21-23-18/h4,6,8,13-14,16-17H,5,7,9H2,1-3H3/t13-,14-,16+,17-/m0/s1. The minimum Gasteiger partial charge on any atom is -0.339 e. The van der Waals surface area contributed by atoms with Crippen LogP contribution in [0.1, 0.15) is 53.9 Å². The molecule has 0 saturated carbocycles. The Morgan fingerprint density at radius 3 is 2.78 bits per heavy atom. The Hall–Kier alpha value is -1.39. The Bertz CT molecular complexity index is 729. The molecule has 4 atom stereocenters. The largest absolute Gasteiger partial charge is 0.339 e. The average molecular weight is 332 g/mol. The molecule has 23 heavy (non-hydrogen) atoms. The second-order valence-corrected chi connectivity index (χ2v) is 7.43. The summed E-state index contributed by atoms with van der Waals surface area (Å²) >= 11 is 6.22. The molecule has 2 fully saturated rings. The molecule has 0 N–H and O–H groups in total. The van der Waals surface area contributed by atoms with Gasteiger partial charge in [-0.05, 0) is 63.3 Å². The maximum absolute atomic E-state index is 6.22. The number of fused-ring (bicyclic) bond motifs is 2. The van der Waals surface area contributed by atoms with Gasteiger partial charge in [0.05, 0.1) is 5.92 Å². The van der Waals surface area contributed by atoms with E-state index < -0.39 is 0 Å². The number of nitrogens with zero attached hydrogens (tertiary/aromatic N) is 3. The second kappa shape index (κ2) is 5.60. The normalized spacial score (nSPS) is 30.8. The van der Waals surface area contributed by atoms with Gasteiger partial charge in [-0.1, -0.05) is 28.9 Å². The van der Waals surface area contributed by atoms with Crippen LogP contribution in [0.3, 0.4) is 0 Å². The van der Waals surface area contributed by atoms with Crippen LogP contribution < -0.4 is 0 Å². The van der Waals surface area contributed by atoms with E-state index in [1.165, 1.54) is 18.4 Å². The molecule has 2 aromatic rings. The highest BCUT2D eigenvalue weighted by molar-refractivity contribution is 6.31. The summed E-state index contributed by atoms with van der Waals surface area (Å²) in [6.07, 6.45) is 3.60. The van der Waals surface area contributed by atoms with Crippen molar-refractivity contribution in [3.63, 3.8) is 0 Å².